The van der Waals surface area contributed by atoms with Gasteiger partial charge in [-0.15, -0.1) is 0 Å². The SMILES string of the molecule is Cc1cncc(NC(C)c2cc(Cl)ccc2Cl)c1. The van der Waals surface area contributed by atoms with E-state index in [2.05, 4.69) is 10.3 Å². The fourth-order valence-corrected chi connectivity index (χ4v) is 2.27. The lowest BCUT2D eigenvalue weighted by Crippen LogP contribution is -2.07. The fourth-order valence-electron chi connectivity index (χ4n) is 1.81. The van der Waals surface area contributed by atoms with Crippen molar-refractivity contribution in [3.63, 3.8) is 0 Å². The smallest absolute Gasteiger partial charge is 0.0534 e. The minimum atomic E-state index is 0.0693. The number of hydrogen-bond acceptors (Lipinski definition) is 2. The van der Waals surface area contributed by atoms with E-state index in [-0.39, 0.29) is 6.04 Å². The van der Waals surface area contributed by atoms with Crippen molar-refractivity contribution in [2.75, 3.05) is 5.32 Å². The highest BCUT2D eigenvalue weighted by molar-refractivity contribution is 6.33. The second kappa shape index (κ2) is 5.59. The molecule has 0 aliphatic rings. The molecule has 0 saturated carbocycles. The van der Waals surface area contributed by atoms with Crippen molar-refractivity contribution in [3.8, 4) is 0 Å². The zero-order chi connectivity index (χ0) is 13.1. The van der Waals surface area contributed by atoms with Crippen molar-refractivity contribution < 1.29 is 0 Å². The first kappa shape index (κ1) is 13.2. The minimum absolute atomic E-state index is 0.0693. The largest absolute Gasteiger partial charge is 0.377 e. The van der Waals surface area contributed by atoms with Gasteiger partial charge in [0.25, 0.3) is 0 Å². The van der Waals surface area contributed by atoms with Gasteiger partial charge in [-0.3, -0.25) is 4.98 Å². The van der Waals surface area contributed by atoms with Gasteiger partial charge in [-0.2, -0.15) is 0 Å². The molecule has 1 N–H and O–H groups in total. The van der Waals surface area contributed by atoms with Crippen LogP contribution in [-0.4, -0.2) is 4.98 Å². The maximum atomic E-state index is 6.17. The Labute approximate surface area is 117 Å². The third-order valence-corrected chi connectivity index (χ3v) is 3.26. The fraction of sp³-hybridized carbons (Fsp3) is 0.214. The Morgan fingerprint density at radius 3 is 2.67 bits per heavy atom. The average Bonchev–Trinajstić information content (AvgIpc) is 2.32. The van der Waals surface area contributed by atoms with Crippen LogP contribution in [0.3, 0.4) is 0 Å². The van der Waals surface area contributed by atoms with E-state index >= 15 is 0 Å². The van der Waals surface area contributed by atoms with Gasteiger partial charge in [0, 0.05) is 22.4 Å². The van der Waals surface area contributed by atoms with Crippen LogP contribution in [0, 0.1) is 6.92 Å². The number of aryl methyl sites for hydroxylation is 1. The molecule has 18 heavy (non-hydrogen) atoms. The molecule has 0 amide bonds. The molecule has 0 spiro atoms. The Morgan fingerprint density at radius 2 is 1.94 bits per heavy atom. The van der Waals surface area contributed by atoms with Crippen molar-refractivity contribution in [1.82, 2.24) is 4.98 Å². The molecule has 2 nitrogen and oxygen atoms in total. The maximum absolute atomic E-state index is 6.17. The molecule has 0 aliphatic carbocycles. The summed E-state index contributed by atoms with van der Waals surface area (Å²) in [6, 6.07) is 7.59. The van der Waals surface area contributed by atoms with Crippen LogP contribution in [0.2, 0.25) is 10.0 Å². The van der Waals surface area contributed by atoms with E-state index in [0.29, 0.717) is 10.0 Å². The normalized spacial score (nSPS) is 12.2. The van der Waals surface area contributed by atoms with Gasteiger partial charge in [-0.1, -0.05) is 23.2 Å². The molecule has 2 rings (SSSR count). The van der Waals surface area contributed by atoms with E-state index in [1.54, 1.807) is 12.3 Å². The zero-order valence-electron chi connectivity index (χ0n) is 10.2. The summed E-state index contributed by atoms with van der Waals surface area (Å²) in [5.74, 6) is 0. The van der Waals surface area contributed by atoms with Crippen molar-refractivity contribution in [2.45, 2.75) is 19.9 Å². The lowest BCUT2D eigenvalue weighted by atomic mass is 10.1. The molecule has 94 valence electrons. The number of benzene rings is 1. The Bertz CT molecular complexity index is 555. The molecule has 1 unspecified atom stereocenters. The van der Waals surface area contributed by atoms with Crippen LogP contribution in [-0.2, 0) is 0 Å². The summed E-state index contributed by atoms with van der Waals surface area (Å²) in [5, 5.41) is 4.76. The summed E-state index contributed by atoms with van der Waals surface area (Å²) in [6.45, 7) is 4.05. The topological polar surface area (TPSA) is 24.9 Å². The molecule has 0 bridgehead atoms. The first-order valence-corrected chi connectivity index (χ1v) is 6.45. The monoisotopic (exact) mass is 280 g/mol. The molecular formula is C14H14Cl2N2. The van der Waals surface area contributed by atoms with Crippen LogP contribution in [0.4, 0.5) is 5.69 Å². The summed E-state index contributed by atoms with van der Waals surface area (Å²) in [6.07, 6.45) is 3.62. The number of nitrogens with zero attached hydrogens (tertiary/aromatic N) is 1. The summed E-state index contributed by atoms with van der Waals surface area (Å²) < 4.78 is 0. The Hall–Kier alpha value is -1.25. The molecule has 1 aromatic carbocycles. The van der Waals surface area contributed by atoms with Gasteiger partial charge in [-0.05, 0) is 49.2 Å². The number of pyridine rings is 1. The number of halogens is 2. The predicted octanol–water partition coefficient (Wildman–Crippen LogP) is 4.87. The third-order valence-electron chi connectivity index (χ3n) is 2.68. The van der Waals surface area contributed by atoms with E-state index in [4.69, 9.17) is 23.2 Å². The van der Waals surface area contributed by atoms with E-state index in [0.717, 1.165) is 16.8 Å². The number of aromatic nitrogens is 1. The molecule has 0 fully saturated rings. The molecule has 1 heterocycles. The van der Waals surface area contributed by atoms with Crippen LogP contribution in [0.1, 0.15) is 24.1 Å². The van der Waals surface area contributed by atoms with Crippen LogP contribution in [0.5, 0.6) is 0 Å². The van der Waals surface area contributed by atoms with E-state index < -0.39 is 0 Å². The van der Waals surface area contributed by atoms with Crippen molar-refractivity contribution in [1.29, 1.82) is 0 Å². The maximum Gasteiger partial charge on any atom is 0.0534 e. The second-order valence-electron chi connectivity index (χ2n) is 4.28. The molecule has 1 aromatic heterocycles. The summed E-state index contributed by atoms with van der Waals surface area (Å²) in [5.41, 5.74) is 3.06. The summed E-state index contributed by atoms with van der Waals surface area (Å²) in [7, 11) is 0. The van der Waals surface area contributed by atoms with Crippen molar-refractivity contribution >= 4 is 28.9 Å². The third kappa shape index (κ3) is 3.15. The molecule has 0 radical (unpaired) electrons. The van der Waals surface area contributed by atoms with Crippen LogP contribution < -0.4 is 5.32 Å². The zero-order valence-corrected chi connectivity index (χ0v) is 11.8. The average molecular weight is 281 g/mol. The molecule has 1 atom stereocenters. The second-order valence-corrected chi connectivity index (χ2v) is 5.13. The first-order valence-electron chi connectivity index (χ1n) is 5.69. The van der Waals surface area contributed by atoms with Gasteiger partial charge < -0.3 is 5.32 Å². The molecular weight excluding hydrogens is 267 g/mol. The lowest BCUT2D eigenvalue weighted by Gasteiger charge is -2.17. The van der Waals surface area contributed by atoms with Gasteiger partial charge >= 0.3 is 0 Å². The summed E-state index contributed by atoms with van der Waals surface area (Å²) in [4.78, 5) is 4.15. The van der Waals surface area contributed by atoms with E-state index in [9.17, 15) is 0 Å². The number of hydrogen-bond donors (Lipinski definition) is 1. The Balaban J connectivity index is 2.21. The number of rotatable bonds is 3. The quantitative estimate of drug-likeness (QED) is 0.868. The van der Waals surface area contributed by atoms with Crippen molar-refractivity contribution in [2.24, 2.45) is 0 Å². The van der Waals surface area contributed by atoms with Gasteiger partial charge in [0.2, 0.25) is 0 Å². The van der Waals surface area contributed by atoms with Gasteiger partial charge in [0.15, 0.2) is 0 Å². The minimum Gasteiger partial charge on any atom is -0.377 e. The van der Waals surface area contributed by atoms with Crippen LogP contribution in [0.25, 0.3) is 0 Å². The molecule has 4 heteroatoms. The van der Waals surface area contributed by atoms with Crippen LogP contribution in [0.15, 0.2) is 36.7 Å². The van der Waals surface area contributed by atoms with Crippen molar-refractivity contribution in [3.05, 3.63) is 57.8 Å². The highest BCUT2D eigenvalue weighted by Crippen LogP contribution is 2.28. The molecule has 2 aromatic rings. The van der Waals surface area contributed by atoms with Crippen LogP contribution >= 0.6 is 23.2 Å². The number of anilines is 1. The van der Waals surface area contributed by atoms with E-state index in [1.807, 2.05) is 38.2 Å². The molecule has 0 aliphatic heterocycles. The first-order chi connectivity index (χ1) is 8.56. The van der Waals surface area contributed by atoms with Gasteiger partial charge in [0.05, 0.1) is 11.7 Å². The highest BCUT2D eigenvalue weighted by Gasteiger charge is 2.10. The Kier molecular flexibility index (Phi) is 4.10. The highest BCUT2D eigenvalue weighted by atomic mass is 35.5. The number of nitrogens with one attached hydrogen (secondary N) is 1. The lowest BCUT2D eigenvalue weighted by molar-refractivity contribution is 0.882. The molecule has 0 saturated heterocycles. The van der Waals surface area contributed by atoms with Gasteiger partial charge in [0.1, 0.15) is 0 Å². The van der Waals surface area contributed by atoms with E-state index in [1.165, 1.54) is 0 Å². The Morgan fingerprint density at radius 1 is 1.17 bits per heavy atom. The summed E-state index contributed by atoms with van der Waals surface area (Å²) >= 11 is 12.2. The predicted molar refractivity (Wildman–Crippen MR) is 77.5 cm³/mol. The standard InChI is InChI=1S/C14H14Cl2N2/c1-9-5-12(8-17-7-9)18-10(2)13-6-11(15)3-4-14(13)16/h3-8,10,18H,1-2H3. The van der Waals surface area contributed by atoms with Gasteiger partial charge in [-0.25, -0.2) is 0 Å².